The van der Waals surface area contributed by atoms with E-state index < -0.39 is 0 Å². The first kappa shape index (κ1) is 9.36. The highest BCUT2D eigenvalue weighted by atomic mass is 32.1. The third-order valence-electron chi connectivity index (χ3n) is 1.72. The normalized spacial score (nSPS) is 10.3. The fourth-order valence-electron chi connectivity index (χ4n) is 1.10. The van der Waals surface area contributed by atoms with Gasteiger partial charge in [0.15, 0.2) is 0 Å². The molecule has 0 saturated carbocycles. The molecule has 2 aromatic heterocycles. The summed E-state index contributed by atoms with van der Waals surface area (Å²) < 4.78 is 0. The van der Waals surface area contributed by atoms with Crippen molar-refractivity contribution in [3.8, 4) is 0 Å². The molecule has 2 aromatic rings. The number of nitro groups is 1. The molecule has 0 aliphatic heterocycles. The third-order valence-corrected chi connectivity index (χ3v) is 3.41. The van der Waals surface area contributed by atoms with Crippen LogP contribution in [0.1, 0.15) is 10.4 Å². The molecule has 1 radical (unpaired) electrons. The van der Waals surface area contributed by atoms with Gasteiger partial charge < -0.3 is 0 Å². The first-order valence-electron chi connectivity index (χ1n) is 3.93. The Bertz CT molecular complexity index is 433. The Balaban J connectivity index is 2.14. The van der Waals surface area contributed by atoms with Crippen LogP contribution in [0.4, 0.5) is 5.00 Å². The smallest absolute Gasteiger partial charge is 0.258 e. The summed E-state index contributed by atoms with van der Waals surface area (Å²) in [5, 5.41) is 15.7. The maximum absolute atomic E-state index is 10.4. The van der Waals surface area contributed by atoms with Crippen molar-refractivity contribution in [1.29, 1.82) is 0 Å². The van der Waals surface area contributed by atoms with Gasteiger partial charge in [0.1, 0.15) is 0 Å². The lowest BCUT2D eigenvalue weighted by Crippen LogP contribution is -1.81. The fourth-order valence-corrected chi connectivity index (χ4v) is 2.54. The highest BCUT2D eigenvalue weighted by Gasteiger charge is 2.09. The maximum atomic E-state index is 10.4. The zero-order chi connectivity index (χ0) is 9.97. The van der Waals surface area contributed by atoms with Crippen LogP contribution in [0.15, 0.2) is 23.6 Å². The molecule has 5 heteroatoms. The van der Waals surface area contributed by atoms with Crippen LogP contribution in [0, 0.1) is 15.5 Å². The molecule has 0 spiro atoms. The van der Waals surface area contributed by atoms with Gasteiger partial charge in [-0.15, -0.1) is 11.3 Å². The highest BCUT2D eigenvalue weighted by molar-refractivity contribution is 7.15. The molecule has 0 aliphatic rings. The lowest BCUT2D eigenvalue weighted by Gasteiger charge is -1.89. The molecule has 0 unspecified atom stereocenters. The van der Waals surface area contributed by atoms with Crippen molar-refractivity contribution in [2.45, 2.75) is 6.42 Å². The number of hydrogen-bond acceptors (Lipinski definition) is 4. The van der Waals surface area contributed by atoms with Gasteiger partial charge in [0.25, 0.3) is 0 Å². The number of nitrogens with zero attached hydrogens (tertiary/aromatic N) is 1. The molecule has 0 amide bonds. The Morgan fingerprint density at radius 2 is 2.29 bits per heavy atom. The van der Waals surface area contributed by atoms with E-state index >= 15 is 0 Å². The molecule has 2 heterocycles. The van der Waals surface area contributed by atoms with E-state index in [1.54, 1.807) is 12.1 Å². The average Bonchev–Trinajstić information content (AvgIpc) is 2.75. The Hall–Kier alpha value is -1.20. The van der Waals surface area contributed by atoms with Gasteiger partial charge in [0.2, 0.25) is 0 Å². The third kappa shape index (κ3) is 2.00. The molecule has 2 rings (SSSR count). The molecule has 0 atom stereocenters. The van der Waals surface area contributed by atoms with Gasteiger partial charge in [0, 0.05) is 22.7 Å². The van der Waals surface area contributed by atoms with E-state index in [-0.39, 0.29) is 9.92 Å². The first-order valence-corrected chi connectivity index (χ1v) is 5.62. The maximum Gasteiger partial charge on any atom is 0.324 e. The van der Waals surface area contributed by atoms with E-state index in [1.165, 1.54) is 22.7 Å². The summed E-state index contributed by atoms with van der Waals surface area (Å²) in [7, 11) is 0. The molecular formula is C9H6NO2S2. The predicted octanol–water partition coefficient (Wildman–Crippen LogP) is 3.11. The Morgan fingerprint density at radius 1 is 1.43 bits per heavy atom. The molecule has 0 aliphatic carbocycles. The van der Waals surface area contributed by atoms with Crippen molar-refractivity contribution in [3.05, 3.63) is 49.5 Å². The summed E-state index contributed by atoms with van der Waals surface area (Å²) in [5.41, 5.74) is 1.09. The summed E-state index contributed by atoms with van der Waals surface area (Å²) in [6.45, 7) is 0. The summed E-state index contributed by atoms with van der Waals surface area (Å²) in [4.78, 5) is 11.1. The van der Waals surface area contributed by atoms with E-state index in [0.717, 1.165) is 16.9 Å². The summed E-state index contributed by atoms with van der Waals surface area (Å²) in [6.07, 6.45) is 0.738. The van der Waals surface area contributed by atoms with Crippen LogP contribution in [0.5, 0.6) is 0 Å². The Labute approximate surface area is 88.8 Å². The van der Waals surface area contributed by atoms with Gasteiger partial charge in [-0.25, -0.2) is 0 Å². The zero-order valence-electron chi connectivity index (χ0n) is 7.10. The van der Waals surface area contributed by atoms with Gasteiger partial charge in [-0.1, -0.05) is 11.3 Å². The number of hydrogen-bond donors (Lipinski definition) is 0. The van der Waals surface area contributed by atoms with Gasteiger partial charge in [-0.3, -0.25) is 10.1 Å². The van der Waals surface area contributed by atoms with Crippen LogP contribution in [0.25, 0.3) is 0 Å². The van der Waals surface area contributed by atoms with E-state index in [9.17, 15) is 10.1 Å². The topological polar surface area (TPSA) is 43.1 Å². The van der Waals surface area contributed by atoms with Crippen LogP contribution in [-0.2, 0) is 6.42 Å². The quantitative estimate of drug-likeness (QED) is 0.594. The van der Waals surface area contributed by atoms with Crippen molar-refractivity contribution < 1.29 is 4.92 Å². The molecule has 14 heavy (non-hydrogen) atoms. The van der Waals surface area contributed by atoms with Crippen LogP contribution < -0.4 is 0 Å². The van der Waals surface area contributed by atoms with Crippen LogP contribution in [-0.4, -0.2) is 4.92 Å². The molecular weight excluding hydrogens is 218 g/mol. The van der Waals surface area contributed by atoms with E-state index in [1.807, 2.05) is 11.4 Å². The summed E-state index contributed by atoms with van der Waals surface area (Å²) >= 11 is 2.74. The highest BCUT2D eigenvalue weighted by Crippen LogP contribution is 2.26. The van der Waals surface area contributed by atoms with Crippen molar-refractivity contribution in [2.24, 2.45) is 0 Å². The molecule has 0 bridgehead atoms. The first-order chi connectivity index (χ1) is 6.75. The minimum Gasteiger partial charge on any atom is -0.258 e. The second-order valence-corrected chi connectivity index (χ2v) is 4.58. The standard InChI is InChI=1S/C9H6NO2S2/c11-10(12)9-2-1-8(14-9)5-7-3-4-13-6-7/h1-4H,5H2. The molecule has 71 valence electrons. The Morgan fingerprint density at radius 3 is 2.86 bits per heavy atom. The van der Waals surface area contributed by atoms with E-state index in [4.69, 9.17) is 0 Å². The molecule has 0 fully saturated rings. The minimum absolute atomic E-state index is 0.204. The SMILES string of the molecule is O=[N+]([O-])c1ccc(Cc2[c]scc2)s1. The lowest BCUT2D eigenvalue weighted by molar-refractivity contribution is -0.380. The van der Waals surface area contributed by atoms with E-state index in [0.29, 0.717) is 0 Å². The Kier molecular flexibility index (Phi) is 2.60. The van der Waals surface area contributed by atoms with Gasteiger partial charge >= 0.3 is 5.00 Å². The van der Waals surface area contributed by atoms with Crippen molar-refractivity contribution in [3.63, 3.8) is 0 Å². The van der Waals surface area contributed by atoms with Crippen molar-refractivity contribution >= 4 is 27.7 Å². The van der Waals surface area contributed by atoms with Gasteiger partial charge in [-0.2, -0.15) is 0 Å². The second-order valence-electron chi connectivity index (χ2n) is 2.72. The van der Waals surface area contributed by atoms with Gasteiger partial charge in [0.05, 0.1) is 4.92 Å². The summed E-state index contributed by atoms with van der Waals surface area (Å²) in [6, 6.07) is 5.33. The van der Waals surface area contributed by atoms with Crippen molar-refractivity contribution in [1.82, 2.24) is 0 Å². The zero-order valence-corrected chi connectivity index (χ0v) is 8.73. The van der Waals surface area contributed by atoms with Crippen molar-refractivity contribution in [2.75, 3.05) is 0 Å². The second kappa shape index (κ2) is 3.89. The van der Waals surface area contributed by atoms with Crippen LogP contribution >= 0.6 is 22.7 Å². The lowest BCUT2D eigenvalue weighted by atomic mass is 10.2. The van der Waals surface area contributed by atoms with Crippen LogP contribution in [0.3, 0.4) is 0 Å². The molecule has 0 N–H and O–H groups in total. The molecule has 0 saturated heterocycles. The van der Waals surface area contributed by atoms with Gasteiger partial charge in [-0.05, 0) is 23.1 Å². The number of rotatable bonds is 3. The predicted molar refractivity (Wildman–Crippen MR) is 56.9 cm³/mol. The largest absolute Gasteiger partial charge is 0.324 e. The van der Waals surface area contributed by atoms with E-state index in [2.05, 4.69) is 5.38 Å². The molecule has 0 aromatic carbocycles. The monoisotopic (exact) mass is 224 g/mol. The molecule has 3 nitrogen and oxygen atoms in total. The number of thiophene rings is 2. The fraction of sp³-hybridized carbons (Fsp3) is 0.111. The summed E-state index contributed by atoms with van der Waals surface area (Å²) in [5.74, 6) is 0. The minimum atomic E-state index is -0.356. The van der Waals surface area contributed by atoms with Crippen LogP contribution in [0.2, 0.25) is 0 Å². The average molecular weight is 224 g/mol.